The molecular weight excluding hydrogens is 575 g/mol. The minimum absolute atomic E-state index is 1.06. The van der Waals surface area contributed by atoms with E-state index in [1.807, 2.05) is 0 Å². The molecule has 2 aliphatic rings. The average Bonchev–Trinajstić information content (AvgIpc) is 3.40. The van der Waals surface area contributed by atoms with Gasteiger partial charge >= 0.3 is 202 Å². The number of hydrogen-bond donors (Lipinski definition) is 2. The molecule has 0 aliphatic heterocycles. The molecule has 2 nitrogen and oxygen atoms in total. The van der Waals surface area contributed by atoms with Gasteiger partial charge in [0.05, 0.1) is 0 Å². The molecule has 4 rings (SSSR count). The van der Waals surface area contributed by atoms with Crippen LogP contribution < -0.4 is 9.96 Å². The Morgan fingerprint density at radius 1 is 0.613 bits per heavy atom. The molecule has 0 amide bonds. The number of allylic oxidation sites excluding steroid dienone is 8. The van der Waals surface area contributed by atoms with Gasteiger partial charge in [-0.1, -0.05) is 0 Å². The van der Waals surface area contributed by atoms with E-state index in [0.717, 1.165) is 0 Å². The van der Waals surface area contributed by atoms with Crippen molar-refractivity contribution in [3.05, 3.63) is 102 Å². The molecule has 0 bridgehead atoms. The van der Waals surface area contributed by atoms with Crippen LogP contribution in [0.2, 0.25) is 26.2 Å². The van der Waals surface area contributed by atoms with Crippen LogP contribution in [-0.4, -0.2) is 16.5 Å². The number of benzene rings is 2. The van der Waals surface area contributed by atoms with E-state index in [-0.39, 0.29) is 0 Å². The second-order valence-electron chi connectivity index (χ2n) is 9.35. The maximum atomic E-state index is 3.91. The topological polar surface area (TPSA) is 24.1 Å². The summed E-state index contributed by atoms with van der Waals surface area (Å²) in [5.74, 6) is 0. The molecule has 2 N–H and O–H groups in total. The van der Waals surface area contributed by atoms with E-state index in [0.29, 0.717) is 0 Å². The van der Waals surface area contributed by atoms with Gasteiger partial charge in [-0.05, 0) is 0 Å². The van der Waals surface area contributed by atoms with Crippen molar-refractivity contribution in [2.45, 2.75) is 39.0 Å². The summed E-state index contributed by atoms with van der Waals surface area (Å²) in [5.41, 5.74) is 2.50. The van der Waals surface area contributed by atoms with Gasteiger partial charge in [0.2, 0.25) is 0 Å². The Hall–Kier alpha value is -1.70. The Morgan fingerprint density at radius 3 is 1.39 bits per heavy atom. The molecule has 2 aromatic rings. The summed E-state index contributed by atoms with van der Waals surface area (Å²) in [7, 11) is -3.46. The van der Waals surface area contributed by atoms with Crippen LogP contribution in [0.1, 0.15) is 12.8 Å². The number of rotatable bonds is 8. The van der Waals surface area contributed by atoms with Crippen LogP contribution in [-0.2, 0) is 22.9 Å². The normalized spacial score (nSPS) is 16.3. The summed E-state index contributed by atoms with van der Waals surface area (Å²) in [6, 6.07) is 21.5. The van der Waals surface area contributed by atoms with Crippen molar-refractivity contribution in [1.82, 2.24) is 0 Å². The van der Waals surface area contributed by atoms with Crippen LogP contribution in [0, 0.1) is 0 Å². The third kappa shape index (κ3) is 5.39. The van der Waals surface area contributed by atoms with Crippen LogP contribution >= 0.6 is 0 Å². The zero-order valence-electron chi connectivity index (χ0n) is 19.0. The molecule has 0 heterocycles. The number of nitrogens with one attached hydrogen (secondary N) is 2. The monoisotopic (exact) mass is 608 g/mol. The maximum absolute atomic E-state index is 3.91. The molecule has 5 heteroatoms. The summed E-state index contributed by atoms with van der Waals surface area (Å²) in [5, 5.41) is 3.32. The molecule has 2 aromatic carbocycles. The standard InChI is InChI=1S/2C13H16NSi.Hf/c2*1-15(2,13-10-6-7-11-13)14-12-8-4-3-5-9-12;/h2*3-6,8-10,14H,7H2,1-2H3;. The molecule has 158 valence electrons. The Kier molecular flexibility index (Phi) is 6.84. The van der Waals surface area contributed by atoms with Crippen molar-refractivity contribution in [2.75, 3.05) is 9.96 Å². The summed E-state index contributed by atoms with van der Waals surface area (Å²) in [6.07, 6.45) is 12.1. The zero-order chi connectivity index (χ0) is 21.9. The SMILES string of the molecule is C[Si](C)(Nc1ccccc1)C1=[C]([Hf][C]2=C([Si](C)(C)Nc3ccccc3)C=CC2)CC=C1. The van der Waals surface area contributed by atoms with E-state index in [4.69, 9.17) is 0 Å². The van der Waals surface area contributed by atoms with Crippen molar-refractivity contribution in [1.29, 1.82) is 0 Å². The van der Waals surface area contributed by atoms with Crippen molar-refractivity contribution in [2.24, 2.45) is 0 Å². The second-order valence-corrected chi connectivity index (χ2v) is 22.7. The molecule has 2 aliphatic carbocycles. The Balaban J connectivity index is 1.57. The van der Waals surface area contributed by atoms with Crippen LogP contribution in [0.5, 0.6) is 0 Å². The number of hydrogen-bond acceptors (Lipinski definition) is 2. The predicted octanol–water partition coefficient (Wildman–Crippen LogP) is 7.21. The second kappa shape index (κ2) is 9.43. The molecule has 0 atom stereocenters. The van der Waals surface area contributed by atoms with Gasteiger partial charge in [-0.15, -0.1) is 0 Å². The quantitative estimate of drug-likeness (QED) is 0.310. The zero-order valence-corrected chi connectivity index (χ0v) is 24.6. The Morgan fingerprint density at radius 2 is 1.00 bits per heavy atom. The Labute approximate surface area is 200 Å². The van der Waals surface area contributed by atoms with Gasteiger partial charge in [-0.25, -0.2) is 0 Å². The van der Waals surface area contributed by atoms with Crippen molar-refractivity contribution in [3.63, 3.8) is 0 Å². The van der Waals surface area contributed by atoms with E-state index < -0.39 is 39.4 Å². The van der Waals surface area contributed by atoms with Gasteiger partial charge in [0, 0.05) is 0 Å². The van der Waals surface area contributed by atoms with Crippen LogP contribution in [0.15, 0.2) is 102 Å². The predicted molar refractivity (Wildman–Crippen MR) is 137 cm³/mol. The van der Waals surface area contributed by atoms with E-state index >= 15 is 0 Å². The molecule has 0 fully saturated rings. The fourth-order valence-corrected chi connectivity index (χ4v) is 21.5. The number of anilines is 2. The van der Waals surface area contributed by atoms with Crippen LogP contribution in [0.25, 0.3) is 0 Å². The summed E-state index contributed by atoms with van der Waals surface area (Å²) in [6.45, 7) is 9.86. The molecule has 0 saturated carbocycles. The molecule has 0 aromatic heterocycles. The van der Waals surface area contributed by atoms with Gasteiger partial charge in [0.1, 0.15) is 0 Å². The average molecular weight is 607 g/mol. The first kappa shape index (κ1) is 22.5. The summed E-state index contributed by atoms with van der Waals surface area (Å²) < 4.78 is 3.61. The van der Waals surface area contributed by atoms with Crippen LogP contribution in [0.3, 0.4) is 0 Å². The van der Waals surface area contributed by atoms with Gasteiger partial charge in [0.25, 0.3) is 0 Å². The van der Waals surface area contributed by atoms with Gasteiger partial charge in [-0.2, -0.15) is 0 Å². The number of para-hydroxylation sites is 2. The first-order chi connectivity index (χ1) is 14.9. The molecule has 31 heavy (non-hydrogen) atoms. The fraction of sp³-hybridized carbons (Fsp3) is 0.231. The van der Waals surface area contributed by atoms with Gasteiger partial charge in [-0.3, -0.25) is 0 Å². The molecule has 0 saturated heterocycles. The molecule has 0 spiro atoms. The summed E-state index contributed by atoms with van der Waals surface area (Å²) >= 11 is -1.06. The van der Waals surface area contributed by atoms with Crippen LogP contribution in [0.4, 0.5) is 11.4 Å². The molecular formula is C26H32HfN2Si2. The first-order valence-electron chi connectivity index (χ1n) is 11.1. The van der Waals surface area contributed by atoms with Crippen molar-refractivity contribution >= 4 is 27.8 Å². The molecule has 0 unspecified atom stereocenters. The Bertz CT molecular complexity index is 966. The van der Waals surface area contributed by atoms with E-state index in [1.54, 1.807) is 17.1 Å². The minimum atomic E-state index is -1.73. The van der Waals surface area contributed by atoms with E-state index in [9.17, 15) is 0 Å². The first-order valence-corrected chi connectivity index (χ1v) is 20.7. The molecule has 0 radical (unpaired) electrons. The summed E-state index contributed by atoms with van der Waals surface area (Å²) in [4.78, 5) is 7.83. The van der Waals surface area contributed by atoms with E-state index in [2.05, 4.69) is 121 Å². The third-order valence-electron chi connectivity index (χ3n) is 5.97. The van der Waals surface area contributed by atoms with Crippen molar-refractivity contribution < 1.29 is 22.9 Å². The fourth-order valence-electron chi connectivity index (χ4n) is 4.50. The van der Waals surface area contributed by atoms with Gasteiger partial charge in [0.15, 0.2) is 0 Å². The van der Waals surface area contributed by atoms with E-state index in [1.165, 1.54) is 24.2 Å². The van der Waals surface area contributed by atoms with Crippen molar-refractivity contribution in [3.8, 4) is 0 Å². The third-order valence-corrected chi connectivity index (χ3v) is 18.8. The van der Waals surface area contributed by atoms with Gasteiger partial charge < -0.3 is 0 Å².